The number of amides is 2. The van der Waals surface area contributed by atoms with Gasteiger partial charge in [0.25, 0.3) is 11.8 Å². The number of rotatable bonds is 14. The molecule has 0 saturated carbocycles. The summed E-state index contributed by atoms with van der Waals surface area (Å²) in [4.78, 5) is 50.9. The molecule has 0 aliphatic rings. The SMILES string of the molecule is O=C(NC(Cc1ccccc1)C(=O)OCCO)c1ccc(C(=O)NC(Cc2ccccc2)C(=O)OCCO)cc1. The van der Waals surface area contributed by atoms with Crippen LogP contribution in [-0.2, 0) is 31.9 Å². The Morgan fingerprint density at radius 1 is 0.575 bits per heavy atom. The predicted molar refractivity (Wildman–Crippen MR) is 145 cm³/mol. The van der Waals surface area contributed by atoms with Crippen molar-refractivity contribution in [3.63, 3.8) is 0 Å². The van der Waals surface area contributed by atoms with Gasteiger partial charge in [-0.05, 0) is 35.4 Å². The van der Waals surface area contributed by atoms with Crippen molar-refractivity contribution in [2.75, 3.05) is 26.4 Å². The van der Waals surface area contributed by atoms with E-state index >= 15 is 0 Å². The zero-order valence-corrected chi connectivity index (χ0v) is 21.8. The number of carbonyl (C=O) groups excluding carboxylic acids is 4. The lowest BCUT2D eigenvalue weighted by Crippen LogP contribution is -2.44. The topological polar surface area (TPSA) is 151 Å². The molecule has 2 unspecified atom stereocenters. The second-order valence-electron chi connectivity index (χ2n) is 8.79. The molecule has 0 radical (unpaired) electrons. The van der Waals surface area contributed by atoms with Gasteiger partial charge in [-0.25, -0.2) is 9.59 Å². The fraction of sp³-hybridized carbons (Fsp3) is 0.267. The van der Waals surface area contributed by atoms with Gasteiger partial charge in [-0.15, -0.1) is 0 Å². The number of carbonyl (C=O) groups is 4. The second-order valence-corrected chi connectivity index (χ2v) is 8.79. The summed E-state index contributed by atoms with van der Waals surface area (Å²) in [5.74, 6) is -2.47. The fourth-order valence-corrected chi connectivity index (χ4v) is 3.84. The van der Waals surface area contributed by atoms with Crippen LogP contribution < -0.4 is 10.6 Å². The van der Waals surface area contributed by atoms with Crippen LogP contribution in [0.15, 0.2) is 84.9 Å². The summed E-state index contributed by atoms with van der Waals surface area (Å²) >= 11 is 0. The van der Waals surface area contributed by atoms with E-state index in [9.17, 15) is 19.2 Å². The van der Waals surface area contributed by atoms with E-state index in [1.54, 1.807) is 0 Å². The Morgan fingerprint density at radius 3 is 1.25 bits per heavy atom. The van der Waals surface area contributed by atoms with Gasteiger partial charge in [-0.2, -0.15) is 0 Å². The summed E-state index contributed by atoms with van der Waals surface area (Å²) in [5, 5.41) is 23.3. The Balaban J connectivity index is 1.68. The van der Waals surface area contributed by atoms with Gasteiger partial charge >= 0.3 is 11.9 Å². The molecule has 3 rings (SSSR count). The van der Waals surface area contributed by atoms with E-state index < -0.39 is 35.8 Å². The number of hydrogen-bond acceptors (Lipinski definition) is 8. The smallest absolute Gasteiger partial charge is 0.329 e. The monoisotopic (exact) mass is 548 g/mol. The predicted octanol–water partition coefficient (Wildman–Crippen LogP) is 1.44. The first-order chi connectivity index (χ1) is 19.4. The molecule has 0 aromatic heterocycles. The van der Waals surface area contributed by atoms with Crippen LogP contribution in [0.3, 0.4) is 0 Å². The minimum Gasteiger partial charge on any atom is -0.462 e. The average molecular weight is 549 g/mol. The zero-order valence-electron chi connectivity index (χ0n) is 21.8. The van der Waals surface area contributed by atoms with Gasteiger partial charge in [0.1, 0.15) is 25.3 Å². The van der Waals surface area contributed by atoms with E-state index in [1.807, 2.05) is 60.7 Å². The third-order valence-corrected chi connectivity index (χ3v) is 5.83. The van der Waals surface area contributed by atoms with Crippen LogP contribution in [0.1, 0.15) is 31.8 Å². The molecule has 0 bridgehead atoms. The lowest BCUT2D eigenvalue weighted by Gasteiger charge is -2.18. The summed E-state index contributed by atoms with van der Waals surface area (Å²) < 4.78 is 10.1. The first-order valence-corrected chi connectivity index (χ1v) is 12.8. The number of hydrogen-bond donors (Lipinski definition) is 4. The summed E-state index contributed by atoms with van der Waals surface area (Å²) in [7, 11) is 0. The first kappa shape index (κ1) is 30.0. The Kier molecular flexibility index (Phi) is 11.8. The normalized spacial score (nSPS) is 12.1. The minimum atomic E-state index is -0.992. The molecule has 0 fully saturated rings. The van der Waals surface area contributed by atoms with E-state index in [4.69, 9.17) is 19.7 Å². The Labute approximate surface area is 231 Å². The van der Waals surface area contributed by atoms with Crippen molar-refractivity contribution < 1.29 is 38.9 Å². The molecule has 210 valence electrons. The summed E-state index contributed by atoms with van der Waals surface area (Å²) in [5.41, 5.74) is 2.02. The second kappa shape index (κ2) is 15.8. The number of aliphatic hydroxyl groups excluding tert-OH is 2. The van der Waals surface area contributed by atoms with Gasteiger partial charge in [-0.1, -0.05) is 60.7 Å². The van der Waals surface area contributed by atoms with Crippen molar-refractivity contribution in [3.8, 4) is 0 Å². The van der Waals surface area contributed by atoms with Crippen LogP contribution >= 0.6 is 0 Å². The maximum atomic E-state index is 12.9. The van der Waals surface area contributed by atoms with Crippen LogP contribution in [0.4, 0.5) is 0 Å². The van der Waals surface area contributed by atoms with Crippen molar-refractivity contribution in [1.82, 2.24) is 10.6 Å². The van der Waals surface area contributed by atoms with Gasteiger partial charge in [0.2, 0.25) is 0 Å². The molecule has 2 amide bonds. The Morgan fingerprint density at radius 2 is 0.925 bits per heavy atom. The maximum Gasteiger partial charge on any atom is 0.329 e. The Hall–Kier alpha value is -4.54. The molecular formula is C30H32N2O8. The lowest BCUT2D eigenvalue weighted by atomic mass is 10.0. The number of esters is 2. The molecule has 4 N–H and O–H groups in total. The third kappa shape index (κ3) is 9.33. The van der Waals surface area contributed by atoms with E-state index in [-0.39, 0.29) is 50.4 Å². The van der Waals surface area contributed by atoms with Crippen LogP contribution in [-0.4, -0.2) is 72.5 Å². The van der Waals surface area contributed by atoms with Gasteiger partial charge < -0.3 is 30.3 Å². The van der Waals surface area contributed by atoms with Crippen molar-refractivity contribution in [1.29, 1.82) is 0 Å². The summed E-state index contributed by atoms with van der Waals surface area (Å²) in [6, 6.07) is 21.9. The van der Waals surface area contributed by atoms with Crippen molar-refractivity contribution >= 4 is 23.8 Å². The third-order valence-electron chi connectivity index (χ3n) is 5.83. The molecule has 2 atom stereocenters. The van der Waals surface area contributed by atoms with Gasteiger partial charge in [0.15, 0.2) is 0 Å². The van der Waals surface area contributed by atoms with E-state index in [2.05, 4.69) is 10.6 Å². The number of nitrogens with one attached hydrogen (secondary N) is 2. The average Bonchev–Trinajstić information content (AvgIpc) is 2.99. The minimum absolute atomic E-state index is 0.187. The van der Waals surface area contributed by atoms with Crippen LogP contribution in [0.2, 0.25) is 0 Å². The number of ether oxygens (including phenoxy) is 2. The highest BCUT2D eigenvalue weighted by atomic mass is 16.5. The van der Waals surface area contributed by atoms with Crippen LogP contribution in [0, 0.1) is 0 Å². The highest BCUT2D eigenvalue weighted by Gasteiger charge is 2.25. The molecule has 3 aromatic rings. The molecular weight excluding hydrogens is 516 g/mol. The Bertz CT molecular complexity index is 1150. The summed E-state index contributed by atoms with van der Waals surface area (Å²) in [6.07, 6.45) is 0.374. The highest BCUT2D eigenvalue weighted by molar-refractivity contribution is 6.00. The molecule has 0 heterocycles. The quantitative estimate of drug-likeness (QED) is 0.221. The fourth-order valence-electron chi connectivity index (χ4n) is 3.84. The van der Waals surface area contributed by atoms with E-state index in [1.165, 1.54) is 24.3 Å². The van der Waals surface area contributed by atoms with Crippen molar-refractivity contribution in [2.45, 2.75) is 24.9 Å². The van der Waals surface area contributed by atoms with Crippen molar-refractivity contribution in [3.05, 3.63) is 107 Å². The first-order valence-electron chi connectivity index (χ1n) is 12.8. The zero-order chi connectivity index (χ0) is 28.7. The molecule has 0 spiro atoms. The number of benzene rings is 3. The molecule has 10 nitrogen and oxygen atoms in total. The van der Waals surface area contributed by atoms with Crippen LogP contribution in [0.5, 0.6) is 0 Å². The standard InChI is InChI=1S/C30H32N2O8/c33-15-17-39-29(37)25(19-21-7-3-1-4-8-21)31-27(35)23-11-13-24(14-12-23)28(36)32-26(30(38)40-18-16-34)20-22-9-5-2-6-10-22/h1-14,25-26,33-34H,15-20H2,(H,31,35)(H,32,36). The van der Waals surface area contributed by atoms with Gasteiger partial charge in [-0.3, -0.25) is 9.59 Å². The lowest BCUT2D eigenvalue weighted by molar-refractivity contribution is -0.147. The molecule has 0 aliphatic heterocycles. The van der Waals surface area contributed by atoms with Gasteiger partial charge in [0.05, 0.1) is 13.2 Å². The molecule has 0 saturated heterocycles. The molecule has 10 heteroatoms. The van der Waals surface area contributed by atoms with Crippen LogP contribution in [0.25, 0.3) is 0 Å². The largest absolute Gasteiger partial charge is 0.462 e. The molecule has 3 aromatic carbocycles. The molecule has 0 aliphatic carbocycles. The van der Waals surface area contributed by atoms with Crippen molar-refractivity contribution in [2.24, 2.45) is 0 Å². The van der Waals surface area contributed by atoms with E-state index in [0.717, 1.165) is 11.1 Å². The van der Waals surface area contributed by atoms with Gasteiger partial charge in [0, 0.05) is 24.0 Å². The molecule has 40 heavy (non-hydrogen) atoms. The highest BCUT2D eigenvalue weighted by Crippen LogP contribution is 2.10. The number of aliphatic hydroxyl groups is 2. The maximum absolute atomic E-state index is 12.9. The summed E-state index contributed by atoms with van der Waals surface area (Å²) in [6.45, 7) is -1.06. The van der Waals surface area contributed by atoms with E-state index in [0.29, 0.717) is 0 Å².